The third kappa shape index (κ3) is 9.55. The summed E-state index contributed by atoms with van der Waals surface area (Å²) in [4.78, 5) is 1.86. The summed E-state index contributed by atoms with van der Waals surface area (Å²) in [5, 5.41) is -5.59. The van der Waals surface area contributed by atoms with E-state index in [0.29, 0.717) is 6.42 Å². The first-order valence-corrected chi connectivity index (χ1v) is 14.3. The fourth-order valence-corrected chi connectivity index (χ4v) is 4.86. The standard InChI is InChI=1S/C24H44F4N2O3S/c1-3-4-5-6-7-8-9-10-11-12-13-14-15-16-17-18-19-30-21-20-29(2)22(30)23(25,26)24(27,28)34(31,32)33/h20-22H,3-19H2,1-2H3,(H,31,32,33). The first-order chi connectivity index (χ1) is 16.0. The van der Waals surface area contributed by atoms with Crippen molar-refractivity contribution in [3.05, 3.63) is 12.4 Å². The van der Waals surface area contributed by atoms with Gasteiger partial charge in [-0.05, 0) is 6.42 Å². The van der Waals surface area contributed by atoms with Gasteiger partial charge < -0.3 is 9.80 Å². The lowest BCUT2D eigenvalue weighted by molar-refractivity contribution is -0.213. The van der Waals surface area contributed by atoms with Crippen molar-refractivity contribution >= 4 is 10.1 Å². The Kier molecular flexibility index (Phi) is 13.8. The summed E-state index contributed by atoms with van der Waals surface area (Å²) in [7, 11) is -5.09. The van der Waals surface area contributed by atoms with E-state index in [2.05, 4.69) is 6.92 Å². The van der Waals surface area contributed by atoms with Gasteiger partial charge in [0.05, 0.1) is 0 Å². The molecule has 10 heteroatoms. The number of hydrogen-bond donors (Lipinski definition) is 1. The van der Waals surface area contributed by atoms with Crippen molar-refractivity contribution in [1.29, 1.82) is 0 Å². The van der Waals surface area contributed by atoms with Crippen LogP contribution in [0, 0.1) is 0 Å². The summed E-state index contributed by atoms with van der Waals surface area (Å²) in [5.41, 5.74) is 0. The minimum absolute atomic E-state index is 0.0983. The first kappa shape index (κ1) is 31.0. The molecular weight excluding hydrogens is 472 g/mol. The predicted octanol–water partition coefficient (Wildman–Crippen LogP) is 7.41. The molecule has 0 fully saturated rings. The second kappa shape index (κ2) is 15.2. The predicted molar refractivity (Wildman–Crippen MR) is 128 cm³/mol. The molecule has 0 aromatic heterocycles. The van der Waals surface area contributed by atoms with Crippen molar-refractivity contribution in [3.63, 3.8) is 0 Å². The van der Waals surface area contributed by atoms with Crippen molar-refractivity contribution in [2.75, 3.05) is 13.6 Å². The molecule has 1 heterocycles. The molecule has 0 radical (unpaired) electrons. The number of alkyl halides is 4. The molecule has 0 saturated carbocycles. The van der Waals surface area contributed by atoms with Gasteiger partial charge in [-0.1, -0.05) is 103 Å². The van der Waals surface area contributed by atoms with E-state index in [9.17, 15) is 26.0 Å². The monoisotopic (exact) mass is 516 g/mol. The average Bonchev–Trinajstić information content (AvgIpc) is 3.13. The quantitative estimate of drug-likeness (QED) is 0.104. The Morgan fingerprint density at radius 1 is 0.735 bits per heavy atom. The van der Waals surface area contributed by atoms with Gasteiger partial charge in [0.15, 0.2) is 6.17 Å². The van der Waals surface area contributed by atoms with E-state index >= 15 is 0 Å². The third-order valence-electron chi connectivity index (χ3n) is 6.50. The van der Waals surface area contributed by atoms with Crippen LogP contribution >= 0.6 is 0 Å². The summed E-state index contributed by atoms with van der Waals surface area (Å²) < 4.78 is 86.7. The van der Waals surface area contributed by atoms with Crippen LogP contribution in [0.3, 0.4) is 0 Å². The van der Waals surface area contributed by atoms with Crippen LogP contribution in [-0.2, 0) is 10.1 Å². The van der Waals surface area contributed by atoms with Gasteiger partial charge in [-0.25, -0.2) is 0 Å². The van der Waals surface area contributed by atoms with Gasteiger partial charge in [-0.3, -0.25) is 4.55 Å². The van der Waals surface area contributed by atoms with E-state index in [0.717, 1.165) is 35.5 Å². The molecule has 1 rings (SSSR count). The fraction of sp³-hybridized carbons (Fsp3) is 0.917. The second-order valence-corrected chi connectivity index (χ2v) is 11.0. The maximum atomic E-state index is 14.4. The van der Waals surface area contributed by atoms with Crippen LogP contribution < -0.4 is 0 Å². The molecule has 1 aliphatic rings. The third-order valence-corrected chi connectivity index (χ3v) is 7.42. The molecule has 202 valence electrons. The molecule has 0 bridgehead atoms. The molecule has 1 aliphatic heterocycles. The van der Waals surface area contributed by atoms with Crippen LogP contribution in [0.1, 0.15) is 110 Å². The SMILES string of the molecule is CCCCCCCCCCCCCCCCCCN1C=CN(C)C1C(F)(F)C(F)(F)S(=O)(=O)O. The largest absolute Gasteiger partial charge is 0.435 e. The lowest BCUT2D eigenvalue weighted by Crippen LogP contribution is -2.61. The Balaban J connectivity index is 2.16. The maximum absolute atomic E-state index is 14.4. The molecule has 0 aliphatic carbocycles. The van der Waals surface area contributed by atoms with E-state index < -0.39 is 27.5 Å². The van der Waals surface area contributed by atoms with Crippen LogP contribution in [0.4, 0.5) is 17.6 Å². The molecule has 1 N–H and O–H groups in total. The van der Waals surface area contributed by atoms with Gasteiger partial charge in [0.1, 0.15) is 0 Å². The lowest BCUT2D eigenvalue weighted by Gasteiger charge is -2.38. The molecule has 34 heavy (non-hydrogen) atoms. The Bertz CT molecular complexity index is 690. The molecule has 1 atom stereocenters. The highest BCUT2D eigenvalue weighted by Crippen LogP contribution is 2.44. The number of unbranched alkanes of at least 4 members (excludes halogenated alkanes) is 15. The van der Waals surface area contributed by atoms with Crippen LogP contribution in [0.25, 0.3) is 0 Å². The number of hydrogen-bond acceptors (Lipinski definition) is 4. The minimum Gasteiger partial charge on any atom is -0.354 e. The molecule has 5 nitrogen and oxygen atoms in total. The number of rotatable bonds is 20. The van der Waals surface area contributed by atoms with Gasteiger partial charge in [0.2, 0.25) is 0 Å². The number of halogens is 4. The smallest absolute Gasteiger partial charge is 0.354 e. The molecule has 0 saturated heterocycles. The van der Waals surface area contributed by atoms with Gasteiger partial charge >= 0.3 is 21.3 Å². The number of nitrogens with zero attached hydrogens (tertiary/aromatic N) is 2. The van der Waals surface area contributed by atoms with E-state index in [4.69, 9.17) is 4.55 Å². The summed E-state index contributed by atoms with van der Waals surface area (Å²) >= 11 is 0. The van der Waals surface area contributed by atoms with E-state index in [-0.39, 0.29) is 6.54 Å². The minimum atomic E-state index is -6.26. The van der Waals surface area contributed by atoms with E-state index in [1.807, 2.05) is 0 Å². The van der Waals surface area contributed by atoms with E-state index in [1.54, 1.807) is 0 Å². The first-order valence-electron chi connectivity index (χ1n) is 12.9. The van der Waals surface area contributed by atoms with Crippen LogP contribution in [0.5, 0.6) is 0 Å². The van der Waals surface area contributed by atoms with Gasteiger partial charge in [-0.15, -0.1) is 0 Å². The molecule has 1 unspecified atom stereocenters. The van der Waals surface area contributed by atoms with Crippen LogP contribution in [0.15, 0.2) is 12.4 Å². The van der Waals surface area contributed by atoms with Crippen molar-refractivity contribution in [3.8, 4) is 0 Å². The lowest BCUT2D eigenvalue weighted by atomic mass is 10.0. The van der Waals surface area contributed by atoms with Gasteiger partial charge in [-0.2, -0.15) is 26.0 Å². The Morgan fingerprint density at radius 2 is 1.12 bits per heavy atom. The van der Waals surface area contributed by atoms with Gasteiger partial charge in [0, 0.05) is 26.0 Å². The Morgan fingerprint density at radius 3 is 1.50 bits per heavy atom. The normalized spacial score (nSPS) is 17.2. The highest BCUT2D eigenvalue weighted by Gasteiger charge is 2.71. The molecule has 0 spiro atoms. The molecule has 0 aromatic carbocycles. The zero-order valence-corrected chi connectivity index (χ0v) is 21.6. The highest BCUT2D eigenvalue weighted by atomic mass is 32.2. The zero-order chi connectivity index (χ0) is 25.7. The second-order valence-electron chi connectivity index (χ2n) is 9.49. The van der Waals surface area contributed by atoms with Crippen molar-refractivity contribution in [2.24, 2.45) is 0 Å². The van der Waals surface area contributed by atoms with E-state index in [1.165, 1.54) is 90.1 Å². The van der Waals surface area contributed by atoms with Crippen LogP contribution in [-0.4, -0.2) is 53.7 Å². The summed E-state index contributed by atoms with van der Waals surface area (Å²) in [5.74, 6) is -4.99. The van der Waals surface area contributed by atoms with Crippen molar-refractivity contribution < 1.29 is 30.5 Å². The zero-order valence-electron chi connectivity index (χ0n) is 20.8. The average molecular weight is 517 g/mol. The Labute approximate surface area is 203 Å². The molecule has 0 aromatic rings. The Hall–Kier alpha value is -1.03. The summed E-state index contributed by atoms with van der Waals surface area (Å²) in [6.45, 7) is 2.33. The van der Waals surface area contributed by atoms with Gasteiger partial charge in [0.25, 0.3) is 0 Å². The highest BCUT2D eigenvalue weighted by molar-refractivity contribution is 7.87. The molecule has 0 amide bonds. The summed E-state index contributed by atoms with van der Waals surface area (Å²) in [6, 6.07) is 0. The van der Waals surface area contributed by atoms with Crippen molar-refractivity contribution in [1.82, 2.24) is 9.80 Å². The summed E-state index contributed by atoms with van der Waals surface area (Å²) in [6.07, 6.45) is 19.1. The van der Waals surface area contributed by atoms with Crippen molar-refractivity contribution in [2.45, 2.75) is 127 Å². The maximum Gasteiger partial charge on any atom is 0.435 e. The van der Waals surface area contributed by atoms with Crippen LogP contribution in [0.2, 0.25) is 0 Å². The molecular formula is C24H44F4N2O3S. The topological polar surface area (TPSA) is 60.9 Å². The fourth-order valence-electron chi connectivity index (χ4n) is 4.41.